The topological polar surface area (TPSA) is 151 Å². The quantitative estimate of drug-likeness (QED) is 0.361. The summed E-state index contributed by atoms with van der Waals surface area (Å²) in [5.41, 5.74) is 7.07. The van der Waals surface area contributed by atoms with Crippen LogP contribution in [0.2, 0.25) is 0 Å². The molecule has 1 aliphatic carbocycles. The number of nitrogens with one attached hydrogen (secondary N) is 2. The zero-order valence-electron chi connectivity index (χ0n) is 23.1. The Balaban J connectivity index is 2.03. The normalized spacial score (nSPS) is 14.6. The van der Waals surface area contributed by atoms with E-state index in [1.54, 1.807) is 39.0 Å². The van der Waals surface area contributed by atoms with Gasteiger partial charge in [-0.1, -0.05) is 36.4 Å². The van der Waals surface area contributed by atoms with Crippen LogP contribution in [0.3, 0.4) is 0 Å². The molecule has 10 heteroatoms. The maximum absolute atomic E-state index is 14.1. The van der Waals surface area contributed by atoms with Gasteiger partial charge < -0.3 is 31.1 Å². The van der Waals surface area contributed by atoms with Gasteiger partial charge in [0, 0.05) is 23.7 Å². The lowest BCUT2D eigenvalue weighted by Crippen LogP contribution is -2.53. The summed E-state index contributed by atoms with van der Waals surface area (Å²) < 4.78 is 5.34. The summed E-state index contributed by atoms with van der Waals surface area (Å²) in [6.45, 7) is 8.80. The van der Waals surface area contributed by atoms with Crippen LogP contribution < -0.4 is 16.4 Å². The number of nitrogens with two attached hydrogens (primary N) is 1. The van der Waals surface area contributed by atoms with Crippen molar-refractivity contribution in [3.63, 3.8) is 0 Å². The summed E-state index contributed by atoms with van der Waals surface area (Å²) in [7, 11) is 0. The maximum Gasteiger partial charge on any atom is 0.408 e. The van der Waals surface area contributed by atoms with E-state index in [4.69, 9.17) is 10.5 Å². The number of aryl methyl sites for hydroxylation is 2. The van der Waals surface area contributed by atoms with Crippen LogP contribution in [0.25, 0.3) is 0 Å². The third-order valence-corrected chi connectivity index (χ3v) is 6.35. The minimum atomic E-state index is -1.21. The molecule has 210 valence electrons. The van der Waals surface area contributed by atoms with Crippen molar-refractivity contribution in [3.05, 3.63) is 59.2 Å². The highest BCUT2D eigenvalue weighted by molar-refractivity contribution is 6.00. The summed E-state index contributed by atoms with van der Waals surface area (Å²) >= 11 is 0. The number of ether oxygens (including phenoxy) is 1. The number of amides is 4. The van der Waals surface area contributed by atoms with Crippen molar-refractivity contribution in [2.45, 2.75) is 84.0 Å². The standard InChI is InChI=1S/C29H38N4O6/c1-17-9-8-10-18(2)24(17)32-26(36)25(20-11-6-7-12-22(20)34)33(19-13-14-19)27(37)21(15-16-23(30)35)31-28(38)39-29(3,4)5/h6-12,19,21,25,34H,13-16H2,1-5H3,(H2,30,35)(H,31,38)(H,32,36). The number of primary amides is 1. The number of para-hydroxylation sites is 2. The van der Waals surface area contributed by atoms with Crippen LogP contribution >= 0.6 is 0 Å². The number of aromatic hydroxyl groups is 1. The molecular formula is C29H38N4O6. The van der Waals surface area contributed by atoms with Crippen LogP contribution in [0.15, 0.2) is 42.5 Å². The molecule has 2 unspecified atom stereocenters. The monoisotopic (exact) mass is 538 g/mol. The minimum absolute atomic E-state index is 0.0807. The molecular weight excluding hydrogens is 500 g/mol. The number of phenolic OH excluding ortho intramolecular Hbond substituents is 1. The van der Waals surface area contributed by atoms with Crippen LogP contribution in [0.4, 0.5) is 10.5 Å². The highest BCUT2D eigenvalue weighted by Gasteiger charge is 2.45. The Morgan fingerprint density at radius 2 is 1.67 bits per heavy atom. The fraction of sp³-hybridized carbons (Fsp3) is 0.448. The number of rotatable bonds is 10. The molecule has 0 bridgehead atoms. The van der Waals surface area contributed by atoms with Gasteiger partial charge in [0.1, 0.15) is 23.4 Å². The molecule has 2 atom stereocenters. The molecule has 0 heterocycles. The van der Waals surface area contributed by atoms with Gasteiger partial charge in [0.2, 0.25) is 11.8 Å². The predicted molar refractivity (Wildman–Crippen MR) is 147 cm³/mol. The van der Waals surface area contributed by atoms with Crippen molar-refractivity contribution in [2.24, 2.45) is 5.73 Å². The molecule has 1 fully saturated rings. The minimum Gasteiger partial charge on any atom is -0.508 e. The van der Waals surface area contributed by atoms with Gasteiger partial charge in [0.15, 0.2) is 0 Å². The Morgan fingerprint density at radius 3 is 2.21 bits per heavy atom. The largest absolute Gasteiger partial charge is 0.508 e. The summed E-state index contributed by atoms with van der Waals surface area (Å²) in [4.78, 5) is 53.7. The highest BCUT2D eigenvalue weighted by Crippen LogP contribution is 2.39. The van der Waals surface area contributed by atoms with Crippen molar-refractivity contribution in [2.75, 3.05) is 5.32 Å². The predicted octanol–water partition coefficient (Wildman–Crippen LogP) is 3.84. The zero-order valence-corrected chi connectivity index (χ0v) is 23.1. The number of anilines is 1. The number of benzene rings is 2. The first-order valence-corrected chi connectivity index (χ1v) is 13.0. The molecule has 0 saturated heterocycles. The molecule has 39 heavy (non-hydrogen) atoms. The summed E-state index contributed by atoms with van der Waals surface area (Å²) in [5.74, 6) is -1.87. The zero-order chi connectivity index (χ0) is 28.9. The first-order valence-electron chi connectivity index (χ1n) is 13.0. The average Bonchev–Trinajstić information content (AvgIpc) is 3.66. The SMILES string of the molecule is Cc1cccc(C)c1NC(=O)C(c1ccccc1O)N(C(=O)C(CCC(N)=O)NC(=O)OC(C)(C)C)C1CC1. The number of carbonyl (C=O) groups excluding carboxylic acids is 4. The van der Waals surface area contributed by atoms with E-state index >= 15 is 0 Å². The smallest absolute Gasteiger partial charge is 0.408 e. The molecule has 4 amide bonds. The summed E-state index contributed by atoms with van der Waals surface area (Å²) in [6.07, 6.45) is 0.201. The number of hydrogen-bond donors (Lipinski definition) is 4. The van der Waals surface area contributed by atoms with Gasteiger partial charge in [-0.3, -0.25) is 14.4 Å². The number of hydrogen-bond acceptors (Lipinski definition) is 6. The second-order valence-corrected chi connectivity index (χ2v) is 10.9. The third kappa shape index (κ3) is 7.95. The lowest BCUT2D eigenvalue weighted by molar-refractivity contribution is -0.141. The molecule has 10 nitrogen and oxygen atoms in total. The third-order valence-electron chi connectivity index (χ3n) is 6.35. The van der Waals surface area contributed by atoms with E-state index in [-0.39, 0.29) is 30.2 Å². The second-order valence-electron chi connectivity index (χ2n) is 10.9. The number of nitrogens with zero attached hydrogens (tertiary/aromatic N) is 1. The molecule has 1 saturated carbocycles. The molecule has 2 aromatic carbocycles. The van der Waals surface area contributed by atoms with E-state index < -0.39 is 41.5 Å². The first kappa shape index (κ1) is 29.5. The fourth-order valence-corrected chi connectivity index (χ4v) is 4.38. The van der Waals surface area contributed by atoms with Gasteiger partial charge in [-0.05, 0) is 71.1 Å². The Hall–Kier alpha value is -4.08. The number of phenols is 1. The molecule has 0 aliphatic heterocycles. The Morgan fingerprint density at radius 1 is 1.05 bits per heavy atom. The Kier molecular flexibility index (Phi) is 9.21. The second kappa shape index (κ2) is 12.2. The van der Waals surface area contributed by atoms with E-state index in [2.05, 4.69) is 10.6 Å². The molecule has 3 rings (SSSR count). The van der Waals surface area contributed by atoms with E-state index in [9.17, 15) is 24.3 Å². The van der Waals surface area contributed by atoms with Crippen LogP contribution in [0.5, 0.6) is 5.75 Å². The van der Waals surface area contributed by atoms with Gasteiger partial charge in [-0.2, -0.15) is 0 Å². The summed E-state index contributed by atoms with van der Waals surface area (Å²) in [5, 5.41) is 16.3. The lowest BCUT2D eigenvalue weighted by atomic mass is 9.99. The van der Waals surface area contributed by atoms with Crippen molar-refractivity contribution >= 4 is 29.5 Å². The molecule has 1 aliphatic rings. The van der Waals surface area contributed by atoms with Crippen LogP contribution in [0.1, 0.15) is 69.2 Å². The summed E-state index contributed by atoms with van der Waals surface area (Å²) in [6, 6.07) is 9.26. The fourth-order valence-electron chi connectivity index (χ4n) is 4.38. The molecule has 0 spiro atoms. The average molecular weight is 539 g/mol. The van der Waals surface area contributed by atoms with Crippen molar-refractivity contribution < 1.29 is 29.0 Å². The molecule has 0 aromatic heterocycles. The molecule has 2 aromatic rings. The van der Waals surface area contributed by atoms with E-state index in [1.807, 2.05) is 32.0 Å². The van der Waals surface area contributed by atoms with Crippen LogP contribution in [0, 0.1) is 13.8 Å². The van der Waals surface area contributed by atoms with Gasteiger partial charge in [0.25, 0.3) is 5.91 Å². The molecule has 5 N–H and O–H groups in total. The van der Waals surface area contributed by atoms with Crippen molar-refractivity contribution in [1.82, 2.24) is 10.2 Å². The van der Waals surface area contributed by atoms with Crippen LogP contribution in [-0.4, -0.2) is 51.5 Å². The van der Waals surface area contributed by atoms with E-state index in [0.717, 1.165) is 11.1 Å². The Labute approximate surface area is 228 Å². The van der Waals surface area contributed by atoms with E-state index in [1.165, 1.54) is 11.0 Å². The lowest BCUT2D eigenvalue weighted by Gasteiger charge is -2.35. The first-order chi connectivity index (χ1) is 18.3. The van der Waals surface area contributed by atoms with Gasteiger partial charge in [-0.15, -0.1) is 0 Å². The van der Waals surface area contributed by atoms with Crippen molar-refractivity contribution in [3.8, 4) is 5.75 Å². The molecule has 0 radical (unpaired) electrons. The maximum atomic E-state index is 14.1. The highest BCUT2D eigenvalue weighted by atomic mass is 16.6. The van der Waals surface area contributed by atoms with Crippen LogP contribution in [-0.2, 0) is 19.1 Å². The van der Waals surface area contributed by atoms with E-state index in [0.29, 0.717) is 18.5 Å². The van der Waals surface area contributed by atoms with Gasteiger partial charge in [0.05, 0.1) is 0 Å². The van der Waals surface area contributed by atoms with Crippen molar-refractivity contribution in [1.29, 1.82) is 0 Å². The number of alkyl carbamates (subject to hydrolysis) is 1. The number of carbonyl (C=O) groups is 4. The van der Waals surface area contributed by atoms with Gasteiger partial charge in [-0.25, -0.2) is 4.79 Å². The Bertz CT molecular complexity index is 1210. The van der Waals surface area contributed by atoms with Gasteiger partial charge >= 0.3 is 6.09 Å².